The Labute approximate surface area is 214 Å². The normalized spacial score (nSPS) is 12.7. The second-order valence-corrected chi connectivity index (χ2v) is 13.6. The van der Waals surface area contributed by atoms with Crippen LogP contribution in [0.1, 0.15) is 93.2 Å². The van der Waals surface area contributed by atoms with Gasteiger partial charge < -0.3 is 5.32 Å². The molecule has 0 atom stereocenters. The molecule has 0 saturated carbocycles. The maximum atomic E-state index is 3.72. The van der Waals surface area contributed by atoms with Crippen molar-refractivity contribution in [1.29, 1.82) is 0 Å². The van der Waals surface area contributed by atoms with Crippen LogP contribution < -0.4 is 5.32 Å². The predicted molar refractivity (Wildman–Crippen MR) is 151 cm³/mol. The van der Waals surface area contributed by atoms with Gasteiger partial charge in [-0.3, -0.25) is 4.68 Å². The van der Waals surface area contributed by atoms with Gasteiger partial charge in [-0.15, -0.1) is 0 Å². The lowest BCUT2D eigenvalue weighted by atomic mass is 9.72. The maximum Gasteiger partial charge on any atom is 0.137 e. The number of aryl methyl sites for hydroxylation is 1. The van der Waals surface area contributed by atoms with E-state index in [9.17, 15) is 0 Å². The first-order chi connectivity index (χ1) is 16.0. The lowest BCUT2D eigenvalue weighted by molar-refractivity contribution is 0.283. The van der Waals surface area contributed by atoms with E-state index < -0.39 is 0 Å². The molecule has 1 aromatic heterocycles. The third-order valence-electron chi connectivity index (χ3n) is 6.10. The largest absolute Gasteiger partial charge is 0.356 e. The zero-order chi connectivity index (χ0) is 26.5. The number of hydrogen-bond donors (Lipinski definition) is 1. The summed E-state index contributed by atoms with van der Waals surface area (Å²) in [6.45, 7) is 23.3. The van der Waals surface area contributed by atoms with Crippen molar-refractivity contribution in [1.82, 2.24) is 14.8 Å². The summed E-state index contributed by atoms with van der Waals surface area (Å²) < 4.78 is 1.64. The first-order valence-corrected chi connectivity index (χ1v) is 12.7. The van der Waals surface area contributed by atoms with Crippen molar-refractivity contribution in [2.75, 3.05) is 5.32 Å². The number of nitrogens with one attached hydrogen (secondary N) is 1. The highest BCUT2D eigenvalue weighted by Gasteiger charge is 2.28. The first kappa shape index (κ1) is 28.6. The fraction of sp³-hybridized carbons (Fsp3) is 0.548. The van der Waals surface area contributed by atoms with Crippen LogP contribution in [-0.4, -0.2) is 14.8 Å². The van der Waals surface area contributed by atoms with E-state index in [2.05, 4.69) is 133 Å². The van der Waals surface area contributed by atoms with Crippen LogP contribution in [0.2, 0.25) is 0 Å². The SMILES string of the molecule is CC(C)(C)CC(C)(C)c1ccc(Nc2ccc(C(C)(C)CC(C)(C)C)cc2)cc1.Cn1cncn1. The van der Waals surface area contributed by atoms with Crippen LogP contribution in [0.5, 0.6) is 0 Å². The molecular weight excluding hydrogens is 428 g/mol. The van der Waals surface area contributed by atoms with Gasteiger partial charge in [-0.2, -0.15) is 5.10 Å². The molecule has 0 saturated heterocycles. The standard InChI is InChI=1S/C28H43N.C3H5N3/c1-25(2,3)19-27(7,8)21-11-15-23(16-12-21)29-24-17-13-22(14-18-24)28(9,10)20-26(4,5)6;1-6-3-4-2-5-6/h11-18,29H,19-20H2,1-10H3;2-3H,1H3. The van der Waals surface area contributed by atoms with Gasteiger partial charge >= 0.3 is 0 Å². The minimum Gasteiger partial charge on any atom is -0.356 e. The van der Waals surface area contributed by atoms with E-state index in [1.165, 1.54) is 30.3 Å². The van der Waals surface area contributed by atoms with Gasteiger partial charge in [-0.1, -0.05) is 93.5 Å². The van der Waals surface area contributed by atoms with Crippen LogP contribution in [-0.2, 0) is 17.9 Å². The smallest absolute Gasteiger partial charge is 0.137 e. The maximum absolute atomic E-state index is 3.72. The second kappa shape index (κ2) is 11.0. The minimum absolute atomic E-state index is 0.178. The molecule has 2 aromatic carbocycles. The molecular formula is C31H48N4. The summed E-state index contributed by atoms with van der Waals surface area (Å²) in [5.41, 5.74) is 6.08. The van der Waals surface area contributed by atoms with E-state index in [-0.39, 0.29) is 10.8 Å². The van der Waals surface area contributed by atoms with Crippen molar-refractivity contribution in [3.8, 4) is 0 Å². The molecule has 0 fully saturated rings. The van der Waals surface area contributed by atoms with Crippen LogP contribution in [0.15, 0.2) is 61.2 Å². The fourth-order valence-corrected chi connectivity index (χ4v) is 5.30. The number of nitrogens with zero attached hydrogens (tertiary/aromatic N) is 3. The summed E-state index contributed by atoms with van der Waals surface area (Å²) >= 11 is 0. The Bertz CT molecular complexity index is 944. The van der Waals surface area contributed by atoms with Crippen molar-refractivity contribution in [3.05, 3.63) is 72.3 Å². The molecule has 0 aliphatic heterocycles. The Morgan fingerprint density at radius 2 is 1.00 bits per heavy atom. The molecule has 1 N–H and O–H groups in total. The predicted octanol–water partition coefficient (Wildman–Crippen LogP) is 8.67. The van der Waals surface area contributed by atoms with E-state index in [0.29, 0.717) is 10.8 Å². The molecule has 0 unspecified atom stereocenters. The third-order valence-corrected chi connectivity index (χ3v) is 6.10. The van der Waals surface area contributed by atoms with E-state index in [4.69, 9.17) is 0 Å². The molecule has 3 aromatic rings. The number of hydrogen-bond acceptors (Lipinski definition) is 3. The molecule has 0 spiro atoms. The molecule has 35 heavy (non-hydrogen) atoms. The number of rotatable bonds is 6. The molecule has 192 valence electrons. The molecule has 3 rings (SSSR count). The Morgan fingerprint density at radius 3 is 1.23 bits per heavy atom. The number of aromatic nitrogens is 3. The van der Waals surface area contributed by atoms with Crippen molar-refractivity contribution in [2.45, 2.75) is 92.9 Å². The van der Waals surface area contributed by atoms with Crippen LogP contribution in [0.25, 0.3) is 0 Å². The Morgan fingerprint density at radius 1 is 0.629 bits per heavy atom. The zero-order valence-corrected chi connectivity index (χ0v) is 24.0. The Balaban J connectivity index is 0.000000625. The molecule has 0 aliphatic rings. The topological polar surface area (TPSA) is 42.7 Å². The average Bonchev–Trinajstić information content (AvgIpc) is 3.17. The van der Waals surface area contributed by atoms with E-state index in [0.717, 1.165) is 11.4 Å². The van der Waals surface area contributed by atoms with Crippen molar-refractivity contribution in [2.24, 2.45) is 17.9 Å². The van der Waals surface area contributed by atoms with Gasteiger partial charge in [0.05, 0.1) is 0 Å². The molecule has 4 nitrogen and oxygen atoms in total. The van der Waals surface area contributed by atoms with Gasteiger partial charge in [-0.05, 0) is 69.9 Å². The number of benzene rings is 2. The molecule has 0 bridgehead atoms. The highest BCUT2D eigenvalue weighted by atomic mass is 15.3. The third kappa shape index (κ3) is 9.87. The second-order valence-electron chi connectivity index (χ2n) is 13.6. The summed E-state index contributed by atoms with van der Waals surface area (Å²) in [5.74, 6) is 0. The van der Waals surface area contributed by atoms with Gasteiger partial charge in [-0.25, -0.2) is 4.98 Å². The Kier molecular flexibility index (Phi) is 8.97. The van der Waals surface area contributed by atoms with E-state index in [1.54, 1.807) is 11.0 Å². The zero-order valence-electron chi connectivity index (χ0n) is 24.0. The van der Waals surface area contributed by atoms with Crippen LogP contribution in [0.4, 0.5) is 11.4 Å². The molecule has 0 amide bonds. The van der Waals surface area contributed by atoms with Gasteiger partial charge in [0, 0.05) is 18.4 Å². The van der Waals surface area contributed by atoms with Crippen molar-refractivity contribution < 1.29 is 0 Å². The first-order valence-electron chi connectivity index (χ1n) is 12.7. The van der Waals surface area contributed by atoms with E-state index in [1.807, 2.05) is 7.05 Å². The van der Waals surface area contributed by atoms with Gasteiger partial charge in [0.15, 0.2) is 0 Å². The molecule has 0 radical (unpaired) electrons. The van der Waals surface area contributed by atoms with Gasteiger partial charge in [0.25, 0.3) is 0 Å². The van der Waals surface area contributed by atoms with E-state index >= 15 is 0 Å². The highest BCUT2D eigenvalue weighted by Crippen LogP contribution is 2.38. The fourth-order valence-electron chi connectivity index (χ4n) is 5.30. The van der Waals surface area contributed by atoms with Gasteiger partial charge in [0.2, 0.25) is 0 Å². The molecule has 1 heterocycles. The van der Waals surface area contributed by atoms with Crippen LogP contribution in [0, 0.1) is 10.8 Å². The number of anilines is 2. The van der Waals surface area contributed by atoms with Gasteiger partial charge in [0.1, 0.15) is 12.7 Å². The minimum atomic E-state index is 0.178. The lowest BCUT2D eigenvalue weighted by Gasteiger charge is -2.33. The highest BCUT2D eigenvalue weighted by molar-refractivity contribution is 5.60. The summed E-state index contributed by atoms with van der Waals surface area (Å²) in [7, 11) is 1.83. The van der Waals surface area contributed by atoms with Crippen LogP contribution in [0.3, 0.4) is 0 Å². The quantitative estimate of drug-likeness (QED) is 0.387. The Hall–Kier alpha value is -2.62. The lowest BCUT2D eigenvalue weighted by Crippen LogP contribution is -2.24. The average molecular weight is 477 g/mol. The summed E-state index contributed by atoms with van der Waals surface area (Å²) in [5, 5.41) is 7.28. The monoisotopic (exact) mass is 476 g/mol. The van der Waals surface area contributed by atoms with Crippen LogP contribution >= 0.6 is 0 Å². The molecule has 0 aliphatic carbocycles. The summed E-state index contributed by atoms with van der Waals surface area (Å²) in [4.78, 5) is 3.67. The van der Waals surface area contributed by atoms with Crippen molar-refractivity contribution in [3.63, 3.8) is 0 Å². The summed E-state index contributed by atoms with van der Waals surface area (Å²) in [6, 6.07) is 17.9. The summed E-state index contributed by atoms with van der Waals surface area (Å²) in [6.07, 6.45) is 5.47. The van der Waals surface area contributed by atoms with Crippen molar-refractivity contribution >= 4 is 11.4 Å². The molecule has 4 heteroatoms.